The number of ether oxygens (including phenoxy) is 2. The Hall–Kier alpha value is -0.343. The fraction of sp³-hybridized carbons (Fsp3) is 0.875. The summed E-state index contributed by atoms with van der Waals surface area (Å²) in [4.78, 5) is 0. The zero-order chi connectivity index (χ0) is 15.6. The summed E-state index contributed by atoms with van der Waals surface area (Å²) in [5, 5.41) is 0.139. The first-order valence-electron chi connectivity index (χ1n) is 7.37. The molecule has 2 atom stereocenters. The minimum atomic E-state index is -1.93. The molecule has 3 nitrogen and oxygen atoms in total. The number of methoxy groups -OCH3 is 2. The van der Waals surface area contributed by atoms with Gasteiger partial charge >= 0.3 is 0 Å². The summed E-state index contributed by atoms with van der Waals surface area (Å²) >= 11 is 0. The van der Waals surface area contributed by atoms with Crippen LogP contribution in [0, 0.1) is 18.3 Å². The van der Waals surface area contributed by atoms with Crippen LogP contribution in [0.5, 0.6) is 0 Å². The molecule has 1 fully saturated rings. The molecule has 0 amide bonds. The fourth-order valence-electron chi connectivity index (χ4n) is 2.73. The lowest BCUT2D eigenvalue weighted by molar-refractivity contribution is -0.163. The Morgan fingerprint density at radius 1 is 1.25 bits per heavy atom. The summed E-state index contributed by atoms with van der Waals surface area (Å²) in [6, 6.07) is 0. The van der Waals surface area contributed by atoms with Crippen LogP contribution in [-0.2, 0) is 13.9 Å². The molecule has 0 N–H and O–H groups in total. The molecule has 0 saturated heterocycles. The van der Waals surface area contributed by atoms with E-state index in [0.29, 0.717) is 0 Å². The molecule has 0 aromatic carbocycles. The highest BCUT2D eigenvalue weighted by atomic mass is 28.4. The zero-order valence-electron chi connectivity index (χ0n) is 14.1. The average molecular weight is 298 g/mol. The normalized spacial score (nSPS) is 27.9. The minimum absolute atomic E-state index is 0.108. The van der Waals surface area contributed by atoms with E-state index in [-0.39, 0.29) is 17.2 Å². The predicted octanol–water partition coefficient (Wildman–Crippen LogP) is 3.80. The summed E-state index contributed by atoms with van der Waals surface area (Å²) in [6.45, 7) is 11.2. The predicted molar refractivity (Wildman–Crippen MR) is 85.0 cm³/mol. The molecule has 0 aromatic rings. The van der Waals surface area contributed by atoms with Crippen LogP contribution in [0.4, 0.5) is 0 Å². The average Bonchev–Trinajstić information content (AvgIpc) is 2.73. The third-order valence-corrected chi connectivity index (χ3v) is 9.43. The van der Waals surface area contributed by atoms with Crippen molar-refractivity contribution >= 4 is 8.32 Å². The Kier molecular flexibility index (Phi) is 5.48. The van der Waals surface area contributed by atoms with Gasteiger partial charge in [0.2, 0.25) is 0 Å². The van der Waals surface area contributed by atoms with Gasteiger partial charge in [0.1, 0.15) is 5.60 Å². The smallest absolute Gasteiger partial charge is 0.194 e. The Morgan fingerprint density at radius 3 is 2.20 bits per heavy atom. The first-order chi connectivity index (χ1) is 9.13. The largest absolute Gasteiger partial charge is 0.400 e. The Labute approximate surface area is 125 Å². The second-order valence-corrected chi connectivity index (χ2v) is 12.0. The number of terminal acetylenes is 1. The minimum Gasteiger partial charge on any atom is -0.400 e. The summed E-state index contributed by atoms with van der Waals surface area (Å²) in [6.07, 6.45) is 8.55. The van der Waals surface area contributed by atoms with E-state index < -0.39 is 13.9 Å². The number of hydrogen-bond acceptors (Lipinski definition) is 3. The van der Waals surface area contributed by atoms with Gasteiger partial charge in [-0.2, -0.15) is 0 Å². The van der Waals surface area contributed by atoms with Crippen molar-refractivity contribution in [1.29, 1.82) is 0 Å². The van der Waals surface area contributed by atoms with Gasteiger partial charge in [-0.15, -0.1) is 6.42 Å². The summed E-state index contributed by atoms with van der Waals surface area (Å²) in [5.41, 5.74) is -0.542. The van der Waals surface area contributed by atoms with Crippen LogP contribution in [-0.4, -0.2) is 34.4 Å². The van der Waals surface area contributed by atoms with Crippen molar-refractivity contribution in [3.63, 3.8) is 0 Å². The zero-order valence-corrected chi connectivity index (χ0v) is 15.1. The lowest BCUT2D eigenvalue weighted by atomic mass is 9.91. The van der Waals surface area contributed by atoms with Crippen LogP contribution in [0.25, 0.3) is 0 Å². The van der Waals surface area contributed by atoms with Gasteiger partial charge in [-0.05, 0) is 37.4 Å². The topological polar surface area (TPSA) is 27.7 Å². The van der Waals surface area contributed by atoms with Gasteiger partial charge in [-0.25, -0.2) is 0 Å². The molecule has 1 aliphatic carbocycles. The molecule has 0 bridgehead atoms. The van der Waals surface area contributed by atoms with Gasteiger partial charge in [-0.1, -0.05) is 26.7 Å². The SMILES string of the molecule is C#C[C@@]1(O[Si](C)(C)C(C)(C)C)CCC[C@@H]1C(OC)OC. The van der Waals surface area contributed by atoms with Gasteiger partial charge in [0.25, 0.3) is 0 Å². The Morgan fingerprint density at radius 2 is 1.80 bits per heavy atom. The van der Waals surface area contributed by atoms with Crippen LogP contribution >= 0.6 is 0 Å². The molecule has 1 aliphatic rings. The van der Waals surface area contributed by atoms with Crippen molar-refractivity contribution in [2.75, 3.05) is 14.2 Å². The summed E-state index contributed by atoms with van der Waals surface area (Å²) < 4.78 is 17.6. The van der Waals surface area contributed by atoms with E-state index in [1.165, 1.54) is 0 Å². The maximum atomic E-state index is 6.64. The van der Waals surface area contributed by atoms with Crippen molar-refractivity contribution in [3.05, 3.63) is 0 Å². The quantitative estimate of drug-likeness (QED) is 0.439. The van der Waals surface area contributed by atoms with Crippen LogP contribution < -0.4 is 0 Å². The van der Waals surface area contributed by atoms with Gasteiger partial charge in [0.15, 0.2) is 14.6 Å². The summed E-state index contributed by atoms with van der Waals surface area (Å²) in [5.74, 6) is 3.07. The molecule has 1 rings (SSSR count). The molecular formula is C16H30O3Si. The second kappa shape index (κ2) is 6.19. The molecule has 4 heteroatoms. The first kappa shape index (κ1) is 17.7. The molecule has 0 unspecified atom stereocenters. The maximum absolute atomic E-state index is 6.64. The van der Waals surface area contributed by atoms with Crippen molar-refractivity contribution < 1.29 is 13.9 Å². The molecule has 0 aromatic heterocycles. The van der Waals surface area contributed by atoms with Crippen molar-refractivity contribution in [3.8, 4) is 12.3 Å². The van der Waals surface area contributed by atoms with Crippen molar-refractivity contribution in [2.24, 2.45) is 5.92 Å². The Balaban J connectivity index is 3.06. The highest BCUT2D eigenvalue weighted by Crippen LogP contribution is 2.47. The lowest BCUT2D eigenvalue weighted by Crippen LogP contribution is -2.53. The standard InChI is InChI=1S/C16H30O3Si/c1-9-16(19-20(7,8)15(2,3)4)12-10-11-13(16)14(17-5)18-6/h1,13-14H,10-12H2,2-8H3/t13-,16-/m1/s1. The monoisotopic (exact) mass is 298 g/mol. The van der Waals surface area contributed by atoms with E-state index in [9.17, 15) is 0 Å². The highest BCUT2D eigenvalue weighted by molar-refractivity contribution is 6.74. The molecule has 116 valence electrons. The molecule has 1 saturated carbocycles. The molecule has 0 heterocycles. The number of hydrogen-bond donors (Lipinski definition) is 0. The van der Waals surface area contributed by atoms with E-state index in [1.807, 2.05) is 0 Å². The van der Waals surface area contributed by atoms with E-state index in [1.54, 1.807) is 14.2 Å². The molecule has 0 radical (unpaired) electrons. The second-order valence-electron chi connectivity index (χ2n) is 7.23. The molecular weight excluding hydrogens is 268 g/mol. The third-order valence-electron chi connectivity index (χ3n) is 4.94. The van der Waals surface area contributed by atoms with Gasteiger partial charge in [-0.3, -0.25) is 0 Å². The van der Waals surface area contributed by atoms with E-state index in [2.05, 4.69) is 39.8 Å². The van der Waals surface area contributed by atoms with Crippen LogP contribution in [0.2, 0.25) is 18.1 Å². The molecule has 0 aliphatic heterocycles. The van der Waals surface area contributed by atoms with Crippen LogP contribution in [0.3, 0.4) is 0 Å². The van der Waals surface area contributed by atoms with E-state index in [4.69, 9.17) is 20.3 Å². The summed E-state index contributed by atoms with van der Waals surface area (Å²) in [7, 11) is 1.40. The van der Waals surface area contributed by atoms with E-state index >= 15 is 0 Å². The van der Waals surface area contributed by atoms with Gasteiger partial charge < -0.3 is 13.9 Å². The van der Waals surface area contributed by atoms with Gasteiger partial charge in [0.05, 0.1) is 0 Å². The lowest BCUT2D eigenvalue weighted by Gasteiger charge is -2.45. The van der Waals surface area contributed by atoms with Crippen molar-refractivity contribution in [1.82, 2.24) is 0 Å². The molecule has 0 spiro atoms. The fourth-order valence-corrected chi connectivity index (χ4v) is 4.26. The van der Waals surface area contributed by atoms with E-state index in [0.717, 1.165) is 19.3 Å². The highest BCUT2D eigenvalue weighted by Gasteiger charge is 2.52. The van der Waals surface area contributed by atoms with Crippen LogP contribution in [0.1, 0.15) is 40.0 Å². The first-order valence-corrected chi connectivity index (χ1v) is 10.3. The number of rotatable bonds is 5. The van der Waals surface area contributed by atoms with Crippen molar-refractivity contribution in [2.45, 2.75) is 70.1 Å². The van der Waals surface area contributed by atoms with Gasteiger partial charge in [0, 0.05) is 20.1 Å². The third kappa shape index (κ3) is 3.28. The van der Waals surface area contributed by atoms with Crippen LogP contribution in [0.15, 0.2) is 0 Å². The Bertz CT molecular complexity index is 363. The maximum Gasteiger partial charge on any atom is 0.194 e. The molecule has 20 heavy (non-hydrogen) atoms.